The third-order valence-corrected chi connectivity index (χ3v) is 7.26. The van der Waals surface area contributed by atoms with E-state index in [9.17, 15) is 18.1 Å². The molecule has 2 rings (SSSR count). The summed E-state index contributed by atoms with van der Waals surface area (Å²) in [5, 5.41) is 0. The van der Waals surface area contributed by atoms with Crippen LogP contribution in [0.15, 0.2) is 33.7 Å². The average Bonchev–Trinajstić information content (AvgIpc) is 2.68. The van der Waals surface area contributed by atoms with Gasteiger partial charge in [-0.25, -0.2) is 8.42 Å². The van der Waals surface area contributed by atoms with Crippen LogP contribution in [-0.2, 0) is 19.6 Å². The molecule has 1 heterocycles. The molecule has 0 saturated carbocycles. The van der Waals surface area contributed by atoms with Gasteiger partial charge in [0.05, 0.1) is 23.4 Å². The van der Waals surface area contributed by atoms with Crippen molar-refractivity contribution in [1.29, 1.82) is 0 Å². The third kappa shape index (κ3) is 5.22. The number of nitrogens with one attached hydrogen (secondary N) is 1. The second-order valence-electron chi connectivity index (χ2n) is 6.52. The zero-order valence-electron chi connectivity index (χ0n) is 16.1. The summed E-state index contributed by atoms with van der Waals surface area (Å²) in [4.78, 5) is 25.8. The second kappa shape index (κ2) is 9.68. The molecular formula is C17H25N3O6S2. The zero-order valence-corrected chi connectivity index (χ0v) is 17.7. The molecule has 156 valence electrons. The van der Waals surface area contributed by atoms with Crippen LogP contribution >= 0.6 is 11.9 Å². The van der Waals surface area contributed by atoms with Crippen molar-refractivity contribution in [2.45, 2.75) is 35.4 Å². The van der Waals surface area contributed by atoms with Gasteiger partial charge in [0.25, 0.3) is 0 Å². The summed E-state index contributed by atoms with van der Waals surface area (Å²) in [5.41, 5.74) is 0. The van der Waals surface area contributed by atoms with Crippen LogP contribution in [0.5, 0.6) is 5.75 Å². The molecule has 0 radical (unpaired) electrons. The molecule has 1 aromatic carbocycles. The van der Waals surface area contributed by atoms with Gasteiger partial charge in [-0.1, -0.05) is 0 Å². The fourth-order valence-electron chi connectivity index (χ4n) is 3.08. The Bertz CT molecular complexity index is 777. The van der Waals surface area contributed by atoms with E-state index in [1.54, 1.807) is 6.92 Å². The first kappa shape index (κ1) is 22.6. The molecule has 0 aromatic heterocycles. The molecule has 1 aliphatic rings. The molecule has 1 fully saturated rings. The fraction of sp³-hybridized carbons (Fsp3) is 0.588. The standard InChI is InChI=1S/C17H25N3O6S2/c1-4-26-16(21)15(17(27-19-22)9-11-20(2)12-10-17)18-28(23,24)14-7-5-13(25-3)6-8-14/h5-8,15,18H,4,9-12H2,1-3H3. The Morgan fingerprint density at radius 3 is 2.43 bits per heavy atom. The first-order chi connectivity index (χ1) is 13.3. The predicted molar refractivity (Wildman–Crippen MR) is 107 cm³/mol. The molecule has 9 nitrogen and oxygen atoms in total. The van der Waals surface area contributed by atoms with Crippen LogP contribution in [0.1, 0.15) is 19.8 Å². The maximum absolute atomic E-state index is 12.9. The highest BCUT2D eigenvalue weighted by molar-refractivity contribution is 7.99. The van der Waals surface area contributed by atoms with Crippen molar-refractivity contribution in [2.75, 3.05) is 33.9 Å². The number of hydrogen-bond donors (Lipinski definition) is 1. The van der Waals surface area contributed by atoms with Gasteiger partial charge >= 0.3 is 5.97 Å². The highest BCUT2D eigenvalue weighted by Crippen LogP contribution is 2.40. The minimum atomic E-state index is -4.04. The molecule has 1 aliphatic heterocycles. The normalized spacial score (nSPS) is 18.2. The summed E-state index contributed by atoms with van der Waals surface area (Å²) in [6.45, 7) is 2.93. The van der Waals surface area contributed by atoms with Gasteiger partial charge in [0.15, 0.2) is 0 Å². The summed E-state index contributed by atoms with van der Waals surface area (Å²) in [6.07, 6.45) is 0.822. The lowest BCUT2D eigenvalue weighted by Crippen LogP contribution is -2.59. The Morgan fingerprint density at radius 2 is 1.93 bits per heavy atom. The maximum Gasteiger partial charge on any atom is 0.325 e. The number of ether oxygens (including phenoxy) is 2. The zero-order chi connectivity index (χ0) is 20.8. The monoisotopic (exact) mass is 431 g/mol. The number of benzene rings is 1. The minimum Gasteiger partial charge on any atom is -0.497 e. The van der Waals surface area contributed by atoms with Crippen LogP contribution in [-0.4, -0.2) is 63.9 Å². The number of piperidine rings is 1. The molecule has 1 atom stereocenters. The molecule has 1 unspecified atom stereocenters. The van der Waals surface area contributed by atoms with Gasteiger partial charge in [0.1, 0.15) is 11.8 Å². The molecule has 28 heavy (non-hydrogen) atoms. The van der Waals surface area contributed by atoms with Crippen molar-refractivity contribution in [3.63, 3.8) is 0 Å². The molecule has 0 bridgehead atoms. The van der Waals surface area contributed by atoms with Gasteiger partial charge in [0.2, 0.25) is 10.0 Å². The number of sulfonamides is 1. The molecular weight excluding hydrogens is 406 g/mol. The molecule has 1 N–H and O–H groups in total. The van der Waals surface area contributed by atoms with E-state index >= 15 is 0 Å². The van der Waals surface area contributed by atoms with Gasteiger partial charge in [-0.15, -0.1) is 4.91 Å². The van der Waals surface area contributed by atoms with Crippen molar-refractivity contribution in [3.8, 4) is 5.75 Å². The van der Waals surface area contributed by atoms with Crippen molar-refractivity contribution < 1.29 is 22.7 Å². The topological polar surface area (TPSA) is 114 Å². The third-order valence-electron chi connectivity index (χ3n) is 4.74. The number of carbonyl (C=O) groups excluding carboxylic acids is 1. The molecule has 1 saturated heterocycles. The average molecular weight is 432 g/mol. The summed E-state index contributed by atoms with van der Waals surface area (Å²) in [6, 6.07) is 4.56. The molecule has 1 aromatic rings. The van der Waals surface area contributed by atoms with E-state index < -0.39 is 26.8 Å². The number of hydrogen-bond acceptors (Lipinski definition) is 9. The van der Waals surface area contributed by atoms with Gasteiger partial charge in [-0.05, 0) is 64.2 Å². The summed E-state index contributed by atoms with van der Waals surface area (Å²) in [7, 11) is -0.645. The summed E-state index contributed by atoms with van der Waals surface area (Å²) < 4.78 is 40.4. The van der Waals surface area contributed by atoms with Crippen LogP contribution in [0.3, 0.4) is 0 Å². The Labute approximate surface area is 169 Å². The Balaban J connectivity index is 2.38. The van der Waals surface area contributed by atoms with Crippen LogP contribution in [0.4, 0.5) is 0 Å². The lowest BCUT2D eigenvalue weighted by molar-refractivity contribution is -0.146. The van der Waals surface area contributed by atoms with Gasteiger partial charge in [-0.2, -0.15) is 4.72 Å². The van der Waals surface area contributed by atoms with Crippen molar-refractivity contribution in [3.05, 3.63) is 29.2 Å². The number of nitroso groups, excluding NO2 is 1. The van der Waals surface area contributed by atoms with E-state index in [-0.39, 0.29) is 11.5 Å². The Kier molecular flexibility index (Phi) is 7.81. The van der Waals surface area contributed by atoms with E-state index in [2.05, 4.69) is 9.30 Å². The van der Waals surface area contributed by atoms with Crippen molar-refractivity contribution in [2.24, 2.45) is 4.58 Å². The highest BCUT2D eigenvalue weighted by Gasteiger charge is 2.49. The first-order valence-electron chi connectivity index (χ1n) is 8.80. The van der Waals surface area contributed by atoms with Gasteiger partial charge < -0.3 is 14.4 Å². The predicted octanol–water partition coefficient (Wildman–Crippen LogP) is 1.78. The van der Waals surface area contributed by atoms with Crippen LogP contribution < -0.4 is 9.46 Å². The van der Waals surface area contributed by atoms with E-state index in [0.29, 0.717) is 43.6 Å². The van der Waals surface area contributed by atoms with E-state index in [0.717, 1.165) is 0 Å². The minimum absolute atomic E-state index is 0.0188. The molecule has 0 spiro atoms. The first-order valence-corrected chi connectivity index (χ1v) is 11.1. The maximum atomic E-state index is 12.9. The largest absolute Gasteiger partial charge is 0.497 e. The van der Waals surface area contributed by atoms with Crippen molar-refractivity contribution >= 4 is 27.9 Å². The number of nitrogens with zero attached hydrogens (tertiary/aromatic N) is 2. The van der Waals surface area contributed by atoms with Gasteiger partial charge in [0, 0.05) is 16.5 Å². The second-order valence-corrected chi connectivity index (χ2v) is 9.37. The summed E-state index contributed by atoms with van der Waals surface area (Å²) >= 11 is 0.701. The Hall–Kier alpha value is -1.69. The van der Waals surface area contributed by atoms with Crippen LogP contribution in [0.2, 0.25) is 0 Å². The highest BCUT2D eigenvalue weighted by atomic mass is 32.2. The molecule has 0 aliphatic carbocycles. The quantitative estimate of drug-likeness (QED) is 0.357. The lowest BCUT2D eigenvalue weighted by Gasteiger charge is -2.41. The smallest absolute Gasteiger partial charge is 0.325 e. The Morgan fingerprint density at radius 1 is 1.32 bits per heavy atom. The van der Waals surface area contributed by atoms with Crippen LogP contribution in [0.25, 0.3) is 0 Å². The van der Waals surface area contributed by atoms with Gasteiger partial charge in [-0.3, -0.25) is 4.79 Å². The lowest BCUT2D eigenvalue weighted by atomic mass is 9.88. The van der Waals surface area contributed by atoms with Crippen molar-refractivity contribution in [1.82, 2.24) is 9.62 Å². The van der Waals surface area contributed by atoms with Crippen LogP contribution in [0, 0.1) is 4.91 Å². The number of carbonyl (C=O) groups is 1. The number of esters is 1. The molecule has 11 heteroatoms. The summed E-state index contributed by atoms with van der Waals surface area (Å²) in [5.74, 6) is -0.214. The van der Waals surface area contributed by atoms with E-state index in [1.807, 2.05) is 11.9 Å². The number of rotatable bonds is 9. The van der Waals surface area contributed by atoms with E-state index in [4.69, 9.17) is 9.47 Å². The SMILES string of the molecule is CCOC(=O)C(NS(=O)(=O)c1ccc(OC)cc1)C1(SN=O)CCN(C)CC1. The fourth-order valence-corrected chi connectivity index (χ4v) is 5.19. The van der Waals surface area contributed by atoms with E-state index in [1.165, 1.54) is 31.4 Å². The molecule has 0 amide bonds. The number of likely N-dealkylation sites (tertiary alicyclic amines) is 1. The number of methoxy groups -OCH3 is 1.